The van der Waals surface area contributed by atoms with Crippen molar-refractivity contribution in [2.45, 2.75) is 6.42 Å². The molecule has 1 heterocycles. The first-order valence-electron chi connectivity index (χ1n) is 10.7. The van der Waals surface area contributed by atoms with Gasteiger partial charge in [-0.15, -0.1) is 0 Å². The van der Waals surface area contributed by atoms with Crippen LogP contribution in [0.15, 0.2) is 66.7 Å². The molecule has 3 amide bonds. The molecule has 5 nitrogen and oxygen atoms in total. The number of halogens is 1. The van der Waals surface area contributed by atoms with Crippen LogP contribution in [-0.4, -0.2) is 29.3 Å². The second kappa shape index (κ2) is 6.79. The Morgan fingerprint density at radius 3 is 2.06 bits per heavy atom. The maximum absolute atomic E-state index is 13.4. The number of nitrogens with zero attached hydrogens (tertiary/aromatic N) is 2. The number of amides is 3. The highest BCUT2D eigenvalue weighted by atomic mass is 35.5. The summed E-state index contributed by atoms with van der Waals surface area (Å²) in [4.78, 5) is 43.0. The van der Waals surface area contributed by atoms with Crippen LogP contribution in [0.1, 0.15) is 16.8 Å². The molecule has 1 saturated heterocycles. The summed E-state index contributed by atoms with van der Waals surface area (Å²) in [6.45, 7) is -0.0885. The molecule has 6 heteroatoms. The molecule has 0 aromatic heterocycles. The summed E-state index contributed by atoms with van der Waals surface area (Å²) in [5, 5.41) is 0.553. The Labute approximate surface area is 185 Å². The van der Waals surface area contributed by atoms with E-state index in [1.165, 1.54) is 9.80 Å². The fourth-order valence-electron chi connectivity index (χ4n) is 5.92. The Morgan fingerprint density at radius 2 is 1.48 bits per heavy atom. The highest BCUT2D eigenvalue weighted by molar-refractivity contribution is 6.30. The molecule has 2 aromatic rings. The molecular formula is C25H21ClN2O3. The summed E-state index contributed by atoms with van der Waals surface area (Å²) in [6, 6.07) is 15.8. The van der Waals surface area contributed by atoms with Gasteiger partial charge in [-0.2, -0.15) is 0 Å². The average Bonchev–Trinajstić information content (AvgIpc) is 3.58. The van der Waals surface area contributed by atoms with E-state index in [0.29, 0.717) is 28.1 Å². The summed E-state index contributed by atoms with van der Waals surface area (Å²) in [5.74, 6) is 0.333. The van der Waals surface area contributed by atoms with E-state index in [9.17, 15) is 14.4 Å². The van der Waals surface area contributed by atoms with Crippen LogP contribution < -0.4 is 4.90 Å². The lowest BCUT2D eigenvalue weighted by Crippen LogP contribution is -2.45. The van der Waals surface area contributed by atoms with Gasteiger partial charge in [0.05, 0.1) is 11.8 Å². The Kier molecular flexibility index (Phi) is 4.12. The molecule has 6 atom stereocenters. The Balaban J connectivity index is 1.34. The van der Waals surface area contributed by atoms with Gasteiger partial charge in [-0.3, -0.25) is 24.2 Å². The molecule has 7 rings (SSSR count). The summed E-state index contributed by atoms with van der Waals surface area (Å²) >= 11 is 6.04. The van der Waals surface area contributed by atoms with Crippen LogP contribution in [0.3, 0.4) is 0 Å². The molecule has 5 aliphatic rings. The summed E-state index contributed by atoms with van der Waals surface area (Å²) in [6.07, 6.45) is 5.43. The van der Waals surface area contributed by atoms with E-state index in [-0.39, 0.29) is 48.1 Å². The second-order valence-corrected chi connectivity index (χ2v) is 9.41. The van der Waals surface area contributed by atoms with Gasteiger partial charge in [-0.1, -0.05) is 42.0 Å². The van der Waals surface area contributed by atoms with E-state index in [4.69, 9.17) is 11.6 Å². The third-order valence-corrected chi connectivity index (χ3v) is 7.69. The molecule has 0 unspecified atom stereocenters. The molecule has 4 aliphatic carbocycles. The first kappa shape index (κ1) is 18.8. The number of benzene rings is 2. The first-order chi connectivity index (χ1) is 15.0. The van der Waals surface area contributed by atoms with Gasteiger partial charge in [-0.05, 0) is 66.5 Å². The first-order valence-corrected chi connectivity index (χ1v) is 11.1. The molecule has 0 spiro atoms. The number of likely N-dealkylation sites (tertiary alicyclic amines) is 1. The molecule has 1 aliphatic heterocycles. The van der Waals surface area contributed by atoms with Gasteiger partial charge in [0.15, 0.2) is 0 Å². The third kappa shape index (κ3) is 2.79. The number of rotatable bonds is 4. The molecule has 2 bridgehead atoms. The molecule has 2 aromatic carbocycles. The standard InChI is InChI=1S/C25H21ClN2O3/c26-15-6-8-16(9-7-15)27(23(29)14-4-2-1-3-5-14)13-28-24(30)21-17-10-11-18(20-12-19(17)20)22(21)25(28)31/h1-11,17-22H,12-13H2/t17-,18-,19-,20+,21+,22+/m1/s1. The predicted octanol–water partition coefficient (Wildman–Crippen LogP) is 4.00. The van der Waals surface area contributed by atoms with Crippen molar-refractivity contribution in [3.05, 3.63) is 77.3 Å². The van der Waals surface area contributed by atoms with Crippen LogP contribution in [-0.2, 0) is 9.59 Å². The minimum atomic E-state index is -0.273. The molecule has 3 fully saturated rings. The van der Waals surface area contributed by atoms with Crippen molar-refractivity contribution in [3.63, 3.8) is 0 Å². The number of hydrogen-bond donors (Lipinski definition) is 0. The van der Waals surface area contributed by atoms with E-state index >= 15 is 0 Å². The number of carbonyl (C=O) groups is 3. The largest absolute Gasteiger partial charge is 0.290 e. The minimum absolute atomic E-state index is 0.0885. The minimum Gasteiger partial charge on any atom is -0.290 e. The molecule has 31 heavy (non-hydrogen) atoms. The Bertz CT molecular complexity index is 1080. The van der Waals surface area contributed by atoms with Crippen LogP contribution in [0, 0.1) is 35.5 Å². The van der Waals surface area contributed by atoms with E-state index in [1.807, 2.05) is 6.07 Å². The monoisotopic (exact) mass is 432 g/mol. The maximum atomic E-state index is 13.4. The number of anilines is 1. The van der Waals surface area contributed by atoms with Gasteiger partial charge >= 0.3 is 0 Å². The van der Waals surface area contributed by atoms with Crippen LogP contribution in [0.25, 0.3) is 0 Å². The van der Waals surface area contributed by atoms with Crippen LogP contribution in [0.2, 0.25) is 5.02 Å². The molecular weight excluding hydrogens is 412 g/mol. The fourth-order valence-corrected chi connectivity index (χ4v) is 6.05. The van der Waals surface area contributed by atoms with Gasteiger partial charge in [0.1, 0.15) is 6.67 Å². The number of carbonyl (C=O) groups excluding carboxylic acids is 3. The van der Waals surface area contributed by atoms with Gasteiger partial charge in [0.25, 0.3) is 5.91 Å². The highest BCUT2D eigenvalue weighted by Gasteiger charge is 2.67. The van der Waals surface area contributed by atoms with Gasteiger partial charge < -0.3 is 0 Å². The molecule has 2 saturated carbocycles. The van der Waals surface area contributed by atoms with Gasteiger partial charge in [-0.25, -0.2) is 0 Å². The fraction of sp³-hybridized carbons (Fsp3) is 0.320. The van der Waals surface area contributed by atoms with Crippen molar-refractivity contribution in [1.82, 2.24) is 4.90 Å². The normalized spacial score (nSPS) is 32.1. The van der Waals surface area contributed by atoms with Crippen molar-refractivity contribution in [2.75, 3.05) is 11.6 Å². The topological polar surface area (TPSA) is 57.7 Å². The Morgan fingerprint density at radius 1 is 0.903 bits per heavy atom. The SMILES string of the molecule is O=C1[C@H]2[C@@H]3C=C[C@H]([C@@H]4C[C@H]34)[C@@H]2C(=O)N1CN(C(=O)c1ccccc1)c1ccc(Cl)cc1. The summed E-state index contributed by atoms with van der Waals surface area (Å²) in [5.41, 5.74) is 1.09. The van der Waals surface area contributed by atoms with Crippen molar-refractivity contribution in [1.29, 1.82) is 0 Å². The molecule has 0 N–H and O–H groups in total. The second-order valence-electron chi connectivity index (χ2n) is 8.98. The van der Waals surface area contributed by atoms with Gasteiger partial charge in [0, 0.05) is 16.3 Å². The van der Waals surface area contributed by atoms with E-state index in [1.54, 1.807) is 48.5 Å². The lowest BCUT2D eigenvalue weighted by molar-refractivity contribution is -0.140. The zero-order chi connectivity index (χ0) is 21.3. The lowest BCUT2D eigenvalue weighted by Gasteiger charge is -2.37. The van der Waals surface area contributed by atoms with Crippen molar-refractivity contribution in [3.8, 4) is 0 Å². The summed E-state index contributed by atoms with van der Waals surface area (Å²) < 4.78 is 0. The van der Waals surface area contributed by atoms with Crippen molar-refractivity contribution in [2.24, 2.45) is 35.5 Å². The summed E-state index contributed by atoms with van der Waals surface area (Å²) in [7, 11) is 0. The van der Waals surface area contributed by atoms with Crippen LogP contribution in [0.5, 0.6) is 0 Å². The zero-order valence-corrected chi connectivity index (χ0v) is 17.5. The lowest BCUT2D eigenvalue weighted by atomic mass is 9.63. The zero-order valence-electron chi connectivity index (χ0n) is 16.7. The third-order valence-electron chi connectivity index (χ3n) is 7.44. The van der Waals surface area contributed by atoms with E-state index < -0.39 is 0 Å². The van der Waals surface area contributed by atoms with Crippen LogP contribution in [0.4, 0.5) is 5.69 Å². The highest BCUT2D eigenvalue weighted by Crippen LogP contribution is 2.65. The maximum Gasteiger partial charge on any atom is 0.259 e. The molecule has 0 radical (unpaired) electrons. The number of allylic oxidation sites excluding steroid dienone is 2. The van der Waals surface area contributed by atoms with Crippen molar-refractivity contribution < 1.29 is 14.4 Å². The van der Waals surface area contributed by atoms with Crippen LogP contribution >= 0.6 is 11.6 Å². The smallest absolute Gasteiger partial charge is 0.259 e. The Hall–Kier alpha value is -2.92. The average molecular weight is 433 g/mol. The molecule has 156 valence electrons. The van der Waals surface area contributed by atoms with Crippen molar-refractivity contribution >= 4 is 35.0 Å². The number of hydrogen-bond acceptors (Lipinski definition) is 3. The quantitative estimate of drug-likeness (QED) is 0.542. The predicted molar refractivity (Wildman–Crippen MR) is 116 cm³/mol. The van der Waals surface area contributed by atoms with E-state index in [0.717, 1.165) is 6.42 Å². The van der Waals surface area contributed by atoms with E-state index in [2.05, 4.69) is 12.2 Å². The van der Waals surface area contributed by atoms with Gasteiger partial charge in [0.2, 0.25) is 11.8 Å². The number of imide groups is 1.